The maximum absolute atomic E-state index is 12.1. The fourth-order valence-electron chi connectivity index (χ4n) is 3.57. The smallest absolute Gasteiger partial charge is 0.249 e. The van der Waals surface area contributed by atoms with Gasteiger partial charge < -0.3 is 15.0 Å². The molecule has 1 aromatic heterocycles. The normalized spacial score (nSPS) is 24.4. The lowest BCUT2D eigenvalue weighted by atomic mass is 10.1. The number of aromatic amines is 1. The minimum absolute atomic E-state index is 0.0585. The number of hydrogen-bond acceptors (Lipinski definition) is 2. The van der Waals surface area contributed by atoms with E-state index in [-0.39, 0.29) is 18.1 Å². The average Bonchev–Trinajstić information content (AvgIpc) is 3.14. The van der Waals surface area contributed by atoms with E-state index >= 15 is 0 Å². The Hall–Kier alpha value is -1.81. The van der Waals surface area contributed by atoms with Gasteiger partial charge in [-0.05, 0) is 43.9 Å². The lowest BCUT2D eigenvalue weighted by Crippen LogP contribution is -2.41. The van der Waals surface area contributed by atoms with Crippen LogP contribution in [0.1, 0.15) is 29.7 Å². The first-order valence-corrected chi connectivity index (χ1v) is 7.73. The number of carbonyl (C=O) groups is 1. The molecule has 4 heteroatoms. The van der Waals surface area contributed by atoms with Crippen LogP contribution in [0.4, 0.5) is 0 Å². The van der Waals surface area contributed by atoms with Gasteiger partial charge in [0.25, 0.3) is 0 Å². The summed E-state index contributed by atoms with van der Waals surface area (Å²) in [5.74, 6) is 0.0585. The van der Waals surface area contributed by atoms with E-state index in [2.05, 4.69) is 35.4 Å². The summed E-state index contributed by atoms with van der Waals surface area (Å²) in [6.45, 7) is 2.83. The van der Waals surface area contributed by atoms with Gasteiger partial charge in [-0.1, -0.05) is 11.6 Å². The van der Waals surface area contributed by atoms with E-state index in [1.54, 1.807) is 0 Å². The van der Waals surface area contributed by atoms with Gasteiger partial charge in [0.2, 0.25) is 5.91 Å². The first-order valence-electron chi connectivity index (χ1n) is 7.73. The van der Waals surface area contributed by atoms with Gasteiger partial charge in [0.1, 0.15) is 6.10 Å². The number of fused-ring (bicyclic) bond motifs is 3. The zero-order valence-corrected chi connectivity index (χ0v) is 12.2. The number of carbonyl (C=O) groups excluding carboxylic acids is 1. The van der Waals surface area contributed by atoms with Crippen LogP contribution in [0, 0.1) is 6.92 Å². The summed E-state index contributed by atoms with van der Waals surface area (Å²) < 4.78 is 5.45. The lowest BCUT2D eigenvalue weighted by Gasteiger charge is -2.15. The van der Waals surface area contributed by atoms with Crippen LogP contribution >= 0.6 is 0 Å². The second kappa shape index (κ2) is 4.88. The summed E-state index contributed by atoms with van der Waals surface area (Å²) in [5.41, 5.74) is 5.12. The molecular weight excluding hydrogens is 264 g/mol. The minimum atomic E-state index is -0.233. The molecule has 110 valence electrons. The first kappa shape index (κ1) is 12.9. The van der Waals surface area contributed by atoms with E-state index in [1.165, 1.54) is 27.7 Å². The van der Waals surface area contributed by atoms with Crippen LogP contribution < -0.4 is 5.32 Å². The Balaban J connectivity index is 1.51. The summed E-state index contributed by atoms with van der Waals surface area (Å²) in [5, 5.41) is 4.45. The predicted molar refractivity (Wildman–Crippen MR) is 81.3 cm³/mol. The highest BCUT2D eigenvalue weighted by molar-refractivity contribution is 5.87. The number of H-pyrrole nitrogens is 1. The number of rotatable bonds is 2. The van der Waals surface area contributed by atoms with Gasteiger partial charge in [0, 0.05) is 35.7 Å². The van der Waals surface area contributed by atoms with Crippen molar-refractivity contribution in [2.45, 2.75) is 44.8 Å². The minimum Gasteiger partial charge on any atom is -0.368 e. The van der Waals surface area contributed by atoms with Crippen LogP contribution in [0.2, 0.25) is 0 Å². The van der Waals surface area contributed by atoms with E-state index in [0.717, 1.165) is 25.7 Å². The molecular formula is C17H20N2O2. The van der Waals surface area contributed by atoms with Crippen molar-refractivity contribution in [1.82, 2.24) is 10.3 Å². The Labute approximate surface area is 123 Å². The van der Waals surface area contributed by atoms with Gasteiger partial charge in [-0.2, -0.15) is 0 Å². The molecule has 4 rings (SSSR count). The molecule has 2 unspecified atom stereocenters. The fourth-order valence-corrected chi connectivity index (χ4v) is 3.57. The summed E-state index contributed by atoms with van der Waals surface area (Å²) in [6, 6.07) is 6.70. The number of benzene rings is 1. The molecule has 2 aliphatic rings. The molecule has 1 fully saturated rings. The van der Waals surface area contributed by atoms with Crippen molar-refractivity contribution >= 4 is 16.8 Å². The van der Waals surface area contributed by atoms with Crippen molar-refractivity contribution < 1.29 is 9.53 Å². The largest absolute Gasteiger partial charge is 0.368 e. The molecule has 21 heavy (non-hydrogen) atoms. The molecule has 2 N–H and O–H groups in total. The Morgan fingerprint density at radius 3 is 3.10 bits per heavy atom. The molecule has 4 nitrogen and oxygen atoms in total. The number of aryl methyl sites for hydroxylation is 1. The average molecular weight is 284 g/mol. The number of hydrogen-bond donors (Lipinski definition) is 2. The van der Waals surface area contributed by atoms with E-state index in [4.69, 9.17) is 4.74 Å². The Morgan fingerprint density at radius 1 is 1.38 bits per heavy atom. The zero-order valence-electron chi connectivity index (χ0n) is 12.2. The third-order valence-electron chi connectivity index (χ3n) is 4.62. The number of ether oxygens (including phenoxy) is 1. The summed E-state index contributed by atoms with van der Waals surface area (Å²) in [4.78, 5) is 15.6. The molecule has 0 spiro atoms. The van der Waals surface area contributed by atoms with Crippen LogP contribution in [0.15, 0.2) is 18.2 Å². The van der Waals surface area contributed by atoms with Crippen molar-refractivity contribution in [2.24, 2.45) is 0 Å². The molecule has 1 amide bonds. The van der Waals surface area contributed by atoms with Crippen molar-refractivity contribution in [3.63, 3.8) is 0 Å². The highest BCUT2D eigenvalue weighted by Gasteiger charge is 2.30. The van der Waals surface area contributed by atoms with Crippen LogP contribution in [0.5, 0.6) is 0 Å². The lowest BCUT2D eigenvalue weighted by molar-refractivity contribution is -0.130. The maximum atomic E-state index is 12.1. The van der Waals surface area contributed by atoms with Gasteiger partial charge >= 0.3 is 0 Å². The summed E-state index contributed by atoms with van der Waals surface area (Å²) in [6.07, 6.45) is 3.42. The highest BCUT2D eigenvalue weighted by Crippen LogP contribution is 2.31. The van der Waals surface area contributed by atoms with E-state index < -0.39 is 0 Å². The van der Waals surface area contributed by atoms with E-state index in [1.807, 2.05) is 0 Å². The Morgan fingerprint density at radius 2 is 2.29 bits per heavy atom. The van der Waals surface area contributed by atoms with Crippen molar-refractivity contribution in [3.05, 3.63) is 35.0 Å². The predicted octanol–water partition coefficient (Wildman–Crippen LogP) is 2.24. The maximum Gasteiger partial charge on any atom is 0.249 e. The molecule has 1 aliphatic heterocycles. The summed E-state index contributed by atoms with van der Waals surface area (Å²) in [7, 11) is 0. The van der Waals surface area contributed by atoms with Crippen LogP contribution in [-0.2, 0) is 22.4 Å². The van der Waals surface area contributed by atoms with Gasteiger partial charge in [0.05, 0.1) is 0 Å². The standard InChI is InChI=1S/C17H20N2O2/c1-10-4-5-14-12(7-10)13-8-11(9-15(13)19-14)18-17(20)16-3-2-6-21-16/h4-5,7,11,16,19H,2-3,6,8-9H2,1H3,(H,18,20). The second-order valence-electron chi connectivity index (χ2n) is 6.25. The third kappa shape index (κ3) is 2.23. The van der Waals surface area contributed by atoms with Gasteiger partial charge in [-0.3, -0.25) is 4.79 Å². The number of amides is 1. The van der Waals surface area contributed by atoms with Crippen molar-refractivity contribution in [3.8, 4) is 0 Å². The van der Waals surface area contributed by atoms with Crippen molar-refractivity contribution in [1.29, 1.82) is 0 Å². The molecule has 2 aromatic rings. The molecule has 0 saturated carbocycles. The number of aromatic nitrogens is 1. The fraction of sp³-hybridized carbons (Fsp3) is 0.471. The van der Waals surface area contributed by atoms with Gasteiger partial charge in [-0.25, -0.2) is 0 Å². The van der Waals surface area contributed by atoms with E-state index in [9.17, 15) is 4.79 Å². The molecule has 1 aliphatic carbocycles. The second-order valence-corrected chi connectivity index (χ2v) is 6.25. The Kier molecular flexibility index (Phi) is 3.00. The van der Waals surface area contributed by atoms with Gasteiger partial charge in [0.15, 0.2) is 0 Å². The van der Waals surface area contributed by atoms with Gasteiger partial charge in [-0.15, -0.1) is 0 Å². The van der Waals surface area contributed by atoms with Crippen LogP contribution in [-0.4, -0.2) is 29.6 Å². The molecule has 2 heterocycles. The molecule has 1 saturated heterocycles. The monoisotopic (exact) mass is 284 g/mol. The molecule has 0 bridgehead atoms. The number of nitrogens with one attached hydrogen (secondary N) is 2. The summed E-state index contributed by atoms with van der Waals surface area (Å²) >= 11 is 0. The first-order chi connectivity index (χ1) is 10.2. The molecule has 1 aromatic carbocycles. The molecule has 2 atom stereocenters. The Bertz CT molecular complexity index is 698. The molecule has 0 radical (unpaired) electrons. The highest BCUT2D eigenvalue weighted by atomic mass is 16.5. The quantitative estimate of drug-likeness (QED) is 0.888. The van der Waals surface area contributed by atoms with Crippen LogP contribution in [0.3, 0.4) is 0 Å². The third-order valence-corrected chi connectivity index (χ3v) is 4.62. The SMILES string of the molecule is Cc1ccc2[nH]c3c(c2c1)CC(NC(=O)C1CCCO1)C3. The van der Waals surface area contributed by atoms with Crippen LogP contribution in [0.25, 0.3) is 10.9 Å². The zero-order chi connectivity index (χ0) is 14.4. The van der Waals surface area contributed by atoms with E-state index in [0.29, 0.717) is 6.61 Å². The van der Waals surface area contributed by atoms with Crippen molar-refractivity contribution in [2.75, 3.05) is 6.61 Å². The topological polar surface area (TPSA) is 54.1 Å².